The second-order valence-corrected chi connectivity index (χ2v) is 8.38. The van der Waals surface area contributed by atoms with Crippen LogP contribution in [0, 0.1) is 13.8 Å². The Morgan fingerprint density at radius 2 is 1.85 bits per heavy atom. The van der Waals surface area contributed by atoms with Crippen molar-refractivity contribution in [2.75, 3.05) is 11.4 Å². The number of alkyl halides is 3. The number of benzene rings is 1. The first-order chi connectivity index (χ1) is 16.1. The number of amides is 1. The van der Waals surface area contributed by atoms with Gasteiger partial charge in [0.15, 0.2) is 5.76 Å². The van der Waals surface area contributed by atoms with Gasteiger partial charge in [0, 0.05) is 36.3 Å². The summed E-state index contributed by atoms with van der Waals surface area (Å²) >= 11 is 0. The molecule has 0 N–H and O–H groups in total. The average Bonchev–Trinajstić information content (AvgIpc) is 3.43. The third kappa shape index (κ3) is 3.55. The largest absolute Gasteiger partial charge is 0.416 e. The SMILES string of the molecule is Cc1ccncc1-c1cc(-c2cnn3c2C(=O)N(c2ccc(C(F)(F)F)c(C)c2)CC3C)on1. The van der Waals surface area contributed by atoms with Gasteiger partial charge in [-0.2, -0.15) is 18.3 Å². The number of carbonyl (C=O) groups excluding carboxylic acids is 1. The molecule has 1 amide bonds. The van der Waals surface area contributed by atoms with Crippen LogP contribution in [0.5, 0.6) is 0 Å². The Morgan fingerprint density at radius 3 is 2.56 bits per heavy atom. The molecule has 7 nitrogen and oxygen atoms in total. The Morgan fingerprint density at radius 1 is 1.06 bits per heavy atom. The number of pyridine rings is 1. The number of aromatic nitrogens is 4. The monoisotopic (exact) mass is 467 g/mol. The number of hydrogen-bond donors (Lipinski definition) is 0. The fourth-order valence-corrected chi connectivity index (χ4v) is 4.26. The minimum atomic E-state index is -4.45. The second kappa shape index (κ2) is 7.82. The van der Waals surface area contributed by atoms with E-state index in [0.717, 1.165) is 17.2 Å². The van der Waals surface area contributed by atoms with Crippen LogP contribution in [-0.4, -0.2) is 32.4 Å². The molecule has 0 saturated carbocycles. The molecule has 0 saturated heterocycles. The lowest BCUT2D eigenvalue weighted by Gasteiger charge is -2.32. The van der Waals surface area contributed by atoms with Gasteiger partial charge in [0.1, 0.15) is 11.4 Å². The summed E-state index contributed by atoms with van der Waals surface area (Å²) in [7, 11) is 0. The van der Waals surface area contributed by atoms with Crippen molar-refractivity contribution < 1.29 is 22.5 Å². The van der Waals surface area contributed by atoms with Gasteiger partial charge in [-0.25, -0.2) is 0 Å². The third-order valence-electron chi connectivity index (χ3n) is 6.03. The highest BCUT2D eigenvalue weighted by molar-refractivity contribution is 6.09. The first kappa shape index (κ1) is 21.9. The van der Waals surface area contributed by atoms with Gasteiger partial charge < -0.3 is 9.42 Å². The summed E-state index contributed by atoms with van der Waals surface area (Å²) in [6.45, 7) is 5.48. The van der Waals surface area contributed by atoms with E-state index in [2.05, 4.69) is 15.2 Å². The number of aryl methyl sites for hydroxylation is 2. The molecular weight excluding hydrogens is 447 g/mol. The molecule has 0 radical (unpaired) electrons. The van der Waals surface area contributed by atoms with E-state index in [1.165, 1.54) is 24.0 Å². The molecule has 10 heteroatoms. The summed E-state index contributed by atoms with van der Waals surface area (Å²) in [5.74, 6) is -0.00855. The van der Waals surface area contributed by atoms with Gasteiger partial charge in [0.05, 0.1) is 23.4 Å². The number of carbonyl (C=O) groups is 1. The van der Waals surface area contributed by atoms with Crippen LogP contribution in [0.25, 0.3) is 22.6 Å². The van der Waals surface area contributed by atoms with E-state index in [1.54, 1.807) is 29.3 Å². The lowest BCUT2D eigenvalue weighted by atomic mass is 10.0. The Bertz CT molecular complexity index is 1410. The van der Waals surface area contributed by atoms with E-state index in [9.17, 15) is 18.0 Å². The standard InChI is InChI=1S/C24H20F3N5O2/c1-13-6-7-28-10-17(13)20-9-21(34-30-20)18-11-29-32-15(3)12-31(23(33)22(18)32)16-4-5-19(14(2)8-16)24(25,26)27/h4-11,15H,12H2,1-3H3. The maximum atomic E-state index is 13.5. The molecule has 4 aromatic rings. The van der Waals surface area contributed by atoms with Crippen LogP contribution in [0.2, 0.25) is 0 Å². The molecule has 1 aliphatic heterocycles. The molecule has 4 heterocycles. The van der Waals surface area contributed by atoms with Crippen molar-refractivity contribution in [3.63, 3.8) is 0 Å². The molecule has 0 bridgehead atoms. The predicted octanol–water partition coefficient (Wildman–Crippen LogP) is 5.46. The minimum absolute atomic E-state index is 0.0523. The van der Waals surface area contributed by atoms with E-state index in [-0.39, 0.29) is 24.1 Å². The van der Waals surface area contributed by atoms with Crippen LogP contribution >= 0.6 is 0 Å². The summed E-state index contributed by atoms with van der Waals surface area (Å²) in [5, 5.41) is 8.51. The quantitative estimate of drug-likeness (QED) is 0.400. The first-order valence-corrected chi connectivity index (χ1v) is 10.6. The van der Waals surface area contributed by atoms with Crippen molar-refractivity contribution in [2.24, 2.45) is 0 Å². The van der Waals surface area contributed by atoms with E-state index in [4.69, 9.17) is 4.52 Å². The van der Waals surface area contributed by atoms with Gasteiger partial charge in [0.2, 0.25) is 0 Å². The first-order valence-electron chi connectivity index (χ1n) is 10.6. The van der Waals surface area contributed by atoms with Crippen molar-refractivity contribution in [2.45, 2.75) is 33.0 Å². The van der Waals surface area contributed by atoms with Gasteiger partial charge in [-0.05, 0) is 56.2 Å². The van der Waals surface area contributed by atoms with Crippen molar-refractivity contribution in [3.8, 4) is 22.6 Å². The highest BCUT2D eigenvalue weighted by Gasteiger charge is 2.36. The molecule has 1 aromatic carbocycles. The van der Waals surface area contributed by atoms with Crippen LogP contribution in [0.1, 0.15) is 40.1 Å². The summed E-state index contributed by atoms with van der Waals surface area (Å²) in [6.07, 6.45) is 0.466. The molecule has 174 valence electrons. The van der Waals surface area contributed by atoms with Crippen molar-refractivity contribution >= 4 is 11.6 Å². The van der Waals surface area contributed by atoms with E-state index in [1.807, 2.05) is 19.9 Å². The third-order valence-corrected chi connectivity index (χ3v) is 6.03. The molecule has 34 heavy (non-hydrogen) atoms. The smallest absolute Gasteiger partial charge is 0.356 e. The van der Waals surface area contributed by atoms with E-state index < -0.39 is 11.7 Å². The highest BCUT2D eigenvalue weighted by Crippen LogP contribution is 2.37. The van der Waals surface area contributed by atoms with Crippen molar-refractivity contribution in [3.05, 3.63) is 71.3 Å². The van der Waals surface area contributed by atoms with Crippen LogP contribution < -0.4 is 4.90 Å². The molecule has 1 aliphatic rings. The lowest BCUT2D eigenvalue weighted by Crippen LogP contribution is -2.42. The number of halogens is 3. The molecule has 0 aliphatic carbocycles. The predicted molar refractivity (Wildman–Crippen MR) is 118 cm³/mol. The Kier molecular flexibility index (Phi) is 5.03. The number of hydrogen-bond acceptors (Lipinski definition) is 5. The maximum absolute atomic E-state index is 13.5. The number of anilines is 1. The number of rotatable bonds is 3. The molecule has 0 spiro atoms. The Hall–Kier alpha value is -3.95. The van der Waals surface area contributed by atoms with Gasteiger partial charge >= 0.3 is 6.18 Å². The van der Waals surface area contributed by atoms with Crippen LogP contribution in [-0.2, 0) is 6.18 Å². The molecule has 1 atom stereocenters. The van der Waals surface area contributed by atoms with Crippen molar-refractivity contribution in [1.29, 1.82) is 0 Å². The van der Waals surface area contributed by atoms with Gasteiger partial charge in [-0.15, -0.1) is 0 Å². The summed E-state index contributed by atoms with van der Waals surface area (Å²) in [6, 6.07) is 7.10. The van der Waals surface area contributed by atoms with Gasteiger partial charge in [0.25, 0.3) is 5.91 Å². The summed E-state index contributed by atoms with van der Waals surface area (Å²) < 4.78 is 46.8. The lowest BCUT2D eigenvalue weighted by molar-refractivity contribution is -0.138. The zero-order valence-corrected chi connectivity index (χ0v) is 18.6. The summed E-state index contributed by atoms with van der Waals surface area (Å²) in [5.41, 5.74) is 2.83. The van der Waals surface area contributed by atoms with Gasteiger partial charge in [-0.1, -0.05) is 5.16 Å². The maximum Gasteiger partial charge on any atom is 0.416 e. The molecule has 1 unspecified atom stereocenters. The average molecular weight is 467 g/mol. The number of nitrogens with zero attached hydrogens (tertiary/aromatic N) is 5. The zero-order chi connectivity index (χ0) is 24.2. The Labute approximate surface area is 192 Å². The normalized spacial score (nSPS) is 16.1. The molecule has 3 aromatic heterocycles. The topological polar surface area (TPSA) is 77.0 Å². The highest BCUT2D eigenvalue weighted by atomic mass is 19.4. The van der Waals surface area contributed by atoms with Crippen LogP contribution in [0.4, 0.5) is 18.9 Å². The second-order valence-electron chi connectivity index (χ2n) is 8.38. The molecule has 5 rings (SSSR count). The van der Waals surface area contributed by atoms with E-state index >= 15 is 0 Å². The minimum Gasteiger partial charge on any atom is -0.356 e. The fraction of sp³-hybridized carbons (Fsp3) is 0.250. The molecule has 0 fully saturated rings. The molecular formula is C24H20F3N5O2. The van der Waals surface area contributed by atoms with Crippen LogP contribution in [0.3, 0.4) is 0 Å². The van der Waals surface area contributed by atoms with Crippen molar-refractivity contribution in [1.82, 2.24) is 19.9 Å². The fourth-order valence-electron chi connectivity index (χ4n) is 4.26. The number of fused-ring (bicyclic) bond motifs is 1. The summed E-state index contributed by atoms with van der Waals surface area (Å²) in [4.78, 5) is 19.1. The van der Waals surface area contributed by atoms with Gasteiger partial charge in [-0.3, -0.25) is 14.5 Å². The Balaban J connectivity index is 1.53. The zero-order valence-electron chi connectivity index (χ0n) is 18.6. The van der Waals surface area contributed by atoms with E-state index in [0.29, 0.717) is 28.4 Å². The van der Waals surface area contributed by atoms with Crippen LogP contribution in [0.15, 0.2) is 53.4 Å².